The van der Waals surface area contributed by atoms with Gasteiger partial charge in [-0.15, -0.1) is 0 Å². The zero-order valence-corrected chi connectivity index (χ0v) is 7.66. The number of carboxylic acids is 1. The fraction of sp³-hybridized carbons (Fsp3) is 0.364. The topological polar surface area (TPSA) is 49.3 Å². The summed E-state index contributed by atoms with van der Waals surface area (Å²) in [6, 6.07) is 7.95. The summed E-state index contributed by atoms with van der Waals surface area (Å²) >= 11 is 0. The van der Waals surface area contributed by atoms with Gasteiger partial charge in [0.1, 0.15) is 5.54 Å². The van der Waals surface area contributed by atoms with Gasteiger partial charge in [-0.1, -0.05) is 18.2 Å². The van der Waals surface area contributed by atoms with E-state index >= 15 is 0 Å². The number of fused-ring (bicyclic) bond motifs is 2. The summed E-state index contributed by atoms with van der Waals surface area (Å²) in [5.41, 5.74) is 1.59. The third kappa shape index (κ3) is 0.842. The fourth-order valence-electron chi connectivity index (χ4n) is 2.37. The summed E-state index contributed by atoms with van der Waals surface area (Å²) < 4.78 is 0. The number of benzene rings is 1. The Morgan fingerprint density at radius 1 is 1.50 bits per heavy atom. The van der Waals surface area contributed by atoms with Crippen LogP contribution in [-0.2, 0) is 11.2 Å². The van der Waals surface area contributed by atoms with Crippen molar-refractivity contribution >= 4 is 11.7 Å². The molecule has 2 aliphatic rings. The molecule has 2 atom stereocenters. The lowest BCUT2D eigenvalue weighted by atomic mass is 9.98. The number of nitrogens with one attached hydrogen (secondary N) is 1. The molecule has 0 aromatic heterocycles. The van der Waals surface area contributed by atoms with Crippen molar-refractivity contribution in [2.75, 3.05) is 5.32 Å². The zero-order chi connectivity index (χ0) is 9.76. The van der Waals surface area contributed by atoms with Gasteiger partial charge >= 0.3 is 5.97 Å². The molecular weight excluding hydrogens is 178 g/mol. The lowest BCUT2D eigenvalue weighted by Crippen LogP contribution is -2.37. The number of hydrogen-bond acceptors (Lipinski definition) is 2. The molecule has 1 heterocycles. The number of para-hydroxylation sites is 1. The standard InChI is InChI=1S/C11H11NO2/c13-10(14)11-6-8(11)5-7-3-1-2-4-9(7)12-11/h1-4,8,12H,5-6H2,(H,13,14). The Balaban J connectivity index is 2.01. The van der Waals surface area contributed by atoms with Crippen LogP contribution in [0.15, 0.2) is 24.3 Å². The molecule has 1 aromatic rings. The molecule has 0 bridgehead atoms. The van der Waals surface area contributed by atoms with Crippen LogP contribution in [0.3, 0.4) is 0 Å². The van der Waals surface area contributed by atoms with Gasteiger partial charge in [0.15, 0.2) is 0 Å². The second-order valence-corrected chi connectivity index (χ2v) is 4.16. The molecule has 0 saturated heterocycles. The van der Waals surface area contributed by atoms with Gasteiger partial charge in [-0.2, -0.15) is 0 Å². The molecule has 3 heteroatoms. The Hall–Kier alpha value is -1.51. The van der Waals surface area contributed by atoms with E-state index in [2.05, 4.69) is 11.4 Å². The molecule has 1 aliphatic heterocycles. The molecule has 1 aromatic carbocycles. The van der Waals surface area contributed by atoms with Crippen LogP contribution in [-0.4, -0.2) is 16.6 Å². The van der Waals surface area contributed by atoms with E-state index in [9.17, 15) is 4.79 Å². The predicted molar refractivity (Wildman–Crippen MR) is 52.2 cm³/mol. The van der Waals surface area contributed by atoms with Crippen LogP contribution in [0.1, 0.15) is 12.0 Å². The fourth-order valence-corrected chi connectivity index (χ4v) is 2.37. The van der Waals surface area contributed by atoms with Crippen molar-refractivity contribution in [3.05, 3.63) is 29.8 Å². The average molecular weight is 189 g/mol. The van der Waals surface area contributed by atoms with Crippen molar-refractivity contribution in [1.82, 2.24) is 0 Å². The van der Waals surface area contributed by atoms with Crippen molar-refractivity contribution in [1.29, 1.82) is 0 Å². The van der Waals surface area contributed by atoms with Gasteiger partial charge in [-0.3, -0.25) is 0 Å². The Morgan fingerprint density at radius 2 is 2.29 bits per heavy atom. The first kappa shape index (κ1) is 7.85. The number of rotatable bonds is 1. The molecule has 1 fully saturated rings. The van der Waals surface area contributed by atoms with Crippen molar-refractivity contribution in [2.24, 2.45) is 5.92 Å². The van der Waals surface area contributed by atoms with Crippen molar-refractivity contribution in [3.8, 4) is 0 Å². The first-order chi connectivity index (χ1) is 6.72. The first-order valence-electron chi connectivity index (χ1n) is 4.82. The number of aliphatic carboxylic acids is 1. The minimum Gasteiger partial charge on any atom is -0.479 e. The van der Waals surface area contributed by atoms with Crippen LogP contribution in [0.5, 0.6) is 0 Å². The summed E-state index contributed by atoms with van der Waals surface area (Å²) in [7, 11) is 0. The maximum Gasteiger partial charge on any atom is 0.329 e. The molecule has 2 unspecified atom stereocenters. The van der Waals surface area contributed by atoms with Gasteiger partial charge in [-0.25, -0.2) is 4.79 Å². The predicted octanol–water partition coefficient (Wildman–Crippen LogP) is 1.50. The number of hydrogen-bond donors (Lipinski definition) is 2. The molecule has 0 amide bonds. The lowest BCUT2D eigenvalue weighted by Gasteiger charge is -2.23. The summed E-state index contributed by atoms with van der Waals surface area (Å²) in [4.78, 5) is 11.1. The highest BCUT2D eigenvalue weighted by molar-refractivity contribution is 5.89. The van der Waals surface area contributed by atoms with Crippen LogP contribution >= 0.6 is 0 Å². The number of carbonyl (C=O) groups is 1. The summed E-state index contributed by atoms with van der Waals surface area (Å²) in [6.45, 7) is 0. The molecule has 2 N–H and O–H groups in total. The van der Waals surface area contributed by atoms with Gasteiger partial charge in [0.25, 0.3) is 0 Å². The molecule has 1 saturated carbocycles. The average Bonchev–Trinajstić information content (AvgIpc) is 2.88. The normalized spacial score (nSPS) is 32.4. The van der Waals surface area contributed by atoms with Gasteiger partial charge in [0, 0.05) is 5.69 Å². The van der Waals surface area contributed by atoms with Crippen molar-refractivity contribution in [2.45, 2.75) is 18.4 Å². The van der Waals surface area contributed by atoms with Crippen LogP contribution in [0.2, 0.25) is 0 Å². The Labute approximate surface area is 81.8 Å². The van der Waals surface area contributed by atoms with E-state index in [4.69, 9.17) is 5.11 Å². The molecular formula is C11H11NO2. The van der Waals surface area contributed by atoms with E-state index in [1.54, 1.807) is 0 Å². The van der Waals surface area contributed by atoms with E-state index in [0.29, 0.717) is 0 Å². The third-order valence-electron chi connectivity index (χ3n) is 3.33. The maximum atomic E-state index is 11.1. The van der Waals surface area contributed by atoms with E-state index in [1.165, 1.54) is 5.56 Å². The summed E-state index contributed by atoms with van der Waals surface area (Å²) in [5, 5.41) is 12.2. The minimum atomic E-state index is -0.711. The van der Waals surface area contributed by atoms with Gasteiger partial charge in [0.05, 0.1) is 0 Å². The molecule has 1 aliphatic carbocycles. The van der Waals surface area contributed by atoms with Gasteiger partial charge in [-0.05, 0) is 30.4 Å². The highest BCUT2D eigenvalue weighted by Gasteiger charge is 2.62. The van der Waals surface area contributed by atoms with Crippen LogP contribution in [0.4, 0.5) is 5.69 Å². The van der Waals surface area contributed by atoms with Gasteiger partial charge < -0.3 is 10.4 Å². The number of anilines is 1. The summed E-state index contributed by atoms with van der Waals surface area (Å²) in [6.07, 6.45) is 1.66. The third-order valence-corrected chi connectivity index (χ3v) is 3.33. The number of carboxylic acid groups (broad SMARTS) is 1. The second-order valence-electron chi connectivity index (χ2n) is 4.16. The van der Waals surface area contributed by atoms with E-state index < -0.39 is 11.5 Å². The Morgan fingerprint density at radius 3 is 3.07 bits per heavy atom. The van der Waals surface area contributed by atoms with Crippen LogP contribution in [0, 0.1) is 5.92 Å². The van der Waals surface area contributed by atoms with Crippen LogP contribution < -0.4 is 5.32 Å². The van der Waals surface area contributed by atoms with Gasteiger partial charge in [0.2, 0.25) is 0 Å². The van der Waals surface area contributed by atoms with Crippen LogP contribution in [0.25, 0.3) is 0 Å². The molecule has 3 rings (SSSR count). The van der Waals surface area contributed by atoms with E-state index in [0.717, 1.165) is 18.5 Å². The van der Waals surface area contributed by atoms with Crippen molar-refractivity contribution < 1.29 is 9.90 Å². The lowest BCUT2D eigenvalue weighted by molar-refractivity contribution is -0.139. The Kier molecular flexibility index (Phi) is 1.29. The highest BCUT2D eigenvalue weighted by Crippen LogP contribution is 2.52. The monoisotopic (exact) mass is 189 g/mol. The second kappa shape index (κ2) is 2.29. The molecule has 0 spiro atoms. The quantitative estimate of drug-likeness (QED) is 0.703. The first-order valence-corrected chi connectivity index (χ1v) is 4.82. The van der Waals surface area contributed by atoms with E-state index in [-0.39, 0.29) is 5.92 Å². The Bertz CT molecular complexity index is 416. The van der Waals surface area contributed by atoms with Crippen molar-refractivity contribution in [3.63, 3.8) is 0 Å². The maximum absolute atomic E-state index is 11.1. The molecule has 3 nitrogen and oxygen atoms in total. The zero-order valence-electron chi connectivity index (χ0n) is 7.66. The molecule has 72 valence electrons. The smallest absolute Gasteiger partial charge is 0.329 e. The highest BCUT2D eigenvalue weighted by atomic mass is 16.4. The molecule has 14 heavy (non-hydrogen) atoms. The largest absolute Gasteiger partial charge is 0.479 e. The van der Waals surface area contributed by atoms with E-state index in [1.807, 2.05) is 18.2 Å². The summed E-state index contributed by atoms with van der Waals surface area (Å²) in [5.74, 6) is -0.424. The minimum absolute atomic E-state index is 0.287. The SMILES string of the molecule is O=C(O)C12CC1Cc1ccccc1N2. The molecule has 0 radical (unpaired) electrons.